The summed E-state index contributed by atoms with van der Waals surface area (Å²) in [5.74, 6) is 7.41. The van der Waals surface area contributed by atoms with E-state index in [0.717, 1.165) is 23.1 Å². The van der Waals surface area contributed by atoms with Crippen molar-refractivity contribution >= 4 is 22.7 Å². The van der Waals surface area contributed by atoms with Gasteiger partial charge < -0.3 is 5.32 Å². The first-order valence-corrected chi connectivity index (χ1v) is 7.10. The van der Waals surface area contributed by atoms with Crippen LogP contribution in [0, 0.1) is 5.92 Å². The summed E-state index contributed by atoms with van der Waals surface area (Å²) in [6, 6.07) is 8.29. The van der Waals surface area contributed by atoms with Crippen LogP contribution >= 0.6 is 0 Å². The number of nitrogens with two attached hydrogens (primary N) is 1. The SMILES string of the molecule is CC(C)CCC(C)Nc1nc(NN)nc2ccccc12. The molecule has 0 aliphatic heterocycles. The Bertz CT molecular complexity index is 567. The number of rotatable bonds is 6. The number of aromatic nitrogens is 2. The smallest absolute Gasteiger partial charge is 0.239 e. The molecule has 0 bridgehead atoms. The second kappa shape index (κ2) is 6.52. The molecule has 0 radical (unpaired) electrons. The second-order valence-electron chi connectivity index (χ2n) is 5.57. The molecule has 2 aromatic rings. The van der Waals surface area contributed by atoms with Gasteiger partial charge in [-0.3, -0.25) is 5.43 Å². The summed E-state index contributed by atoms with van der Waals surface area (Å²) in [5.41, 5.74) is 3.40. The molecule has 108 valence electrons. The van der Waals surface area contributed by atoms with Crippen molar-refractivity contribution in [3.05, 3.63) is 24.3 Å². The zero-order chi connectivity index (χ0) is 14.5. The van der Waals surface area contributed by atoms with Gasteiger partial charge in [0.05, 0.1) is 5.52 Å². The lowest BCUT2D eigenvalue weighted by molar-refractivity contribution is 0.527. The Morgan fingerprint density at radius 2 is 1.85 bits per heavy atom. The quantitative estimate of drug-likeness (QED) is 0.557. The number of anilines is 2. The van der Waals surface area contributed by atoms with Gasteiger partial charge >= 0.3 is 0 Å². The number of fused-ring (bicyclic) bond motifs is 1. The van der Waals surface area contributed by atoms with E-state index in [1.807, 2.05) is 24.3 Å². The van der Waals surface area contributed by atoms with E-state index in [-0.39, 0.29) is 0 Å². The highest BCUT2D eigenvalue weighted by molar-refractivity contribution is 5.90. The van der Waals surface area contributed by atoms with Crippen LogP contribution in [0.2, 0.25) is 0 Å². The van der Waals surface area contributed by atoms with Gasteiger partial charge in [-0.1, -0.05) is 26.0 Å². The molecule has 1 aromatic carbocycles. The predicted octanol–water partition coefficient (Wildman–Crippen LogP) is 3.15. The molecule has 0 saturated heterocycles. The topological polar surface area (TPSA) is 75.9 Å². The van der Waals surface area contributed by atoms with Crippen LogP contribution in [0.1, 0.15) is 33.6 Å². The standard InChI is InChI=1S/C15H23N5/c1-10(2)8-9-11(3)17-14-12-6-4-5-7-13(12)18-15(19-14)20-16/h4-7,10-11H,8-9,16H2,1-3H3,(H2,17,18,19,20). The Morgan fingerprint density at radius 3 is 2.55 bits per heavy atom. The number of benzene rings is 1. The van der Waals surface area contributed by atoms with Gasteiger partial charge in [0.2, 0.25) is 5.95 Å². The highest BCUT2D eigenvalue weighted by atomic mass is 15.3. The van der Waals surface area contributed by atoms with Crippen LogP contribution in [0.5, 0.6) is 0 Å². The Kier molecular flexibility index (Phi) is 4.74. The van der Waals surface area contributed by atoms with Crippen molar-refractivity contribution in [2.45, 2.75) is 39.7 Å². The van der Waals surface area contributed by atoms with Crippen LogP contribution in [-0.4, -0.2) is 16.0 Å². The fourth-order valence-electron chi connectivity index (χ4n) is 2.14. The van der Waals surface area contributed by atoms with Crippen LogP contribution in [0.3, 0.4) is 0 Å². The first-order valence-electron chi connectivity index (χ1n) is 7.10. The highest BCUT2D eigenvalue weighted by Crippen LogP contribution is 2.23. The molecule has 1 unspecified atom stereocenters. The maximum absolute atomic E-state index is 5.44. The molecule has 5 nitrogen and oxygen atoms in total. The van der Waals surface area contributed by atoms with E-state index < -0.39 is 0 Å². The van der Waals surface area contributed by atoms with E-state index in [9.17, 15) is 0 Å². The van der Waals surface area contributed by atoms with Gasteiger partial charge in [-0.25, -0.2) is 10.8 Å². The number of para-hydroxylation sites is 1. The first kappa shape index (κ1) is 14.5. The van der Waals surface area contributed by atoms with Crippen LogP contribution in [-0.2, 0) is 0 Å². The average Bonchev–Trinajstić information content (AvgIpc) is 2.45. The van der Waals surface area contributed by atoms with Crippen LogP contribution in [0.4, 0.5) is 11.8 Å². The lowest BCUT2D eigenvalue weighted by Crippen LogP contribution is -2.18. The van der Waals surface area contributed by atoms with E-state index >= 15 is 0 Å². The minimum absolute atomic E-state index is 0.362. The van der Waals surface area contributed by atoms with Gasteiger partial charge in [0.15, 0.2) is 0 Å². The third kappa shape index (κ3) is 3.57. The zero-order valence-corrected chi connectivity index (χ0v) is 12.4. The van der Waals surface area contributed by atoms with E-state index in [1.54, 1.807) is 0 Å². The summed E-state index contributed by atoms with van der Waals surface area (Å²) >= 11 is 0. The molecule has 2 rings (SSSR count). The van der Waals surface area contributed by atoms with Gasteiger partial charge in [-0.05, 0) is 37.8 Å². The number of hydrogen-bond acceptors (Lipinski definition) is 5. The zero-order valence-electron chi connectivity index (χ0n) is 12.4. The van der Waals surface area contributed by atoms with Crippen molar-refractivity contribution in [3.63, 3.8) is 0 Å². The molecule has 0 spiro atoms. The monoisotopic (exact) mass is 273 g/mol. The molecular formula is C15H23N5. The normalized spacial score (nSPS) is 12.7. The van der Waals surface area contributed by atoms with Crippen molar-refractivity contribution in [3.8, 4) is 0 Å². The number of nitrogens with one attached hydrogen (secondary N) is 2. The summed E-state index contributed by atoms with van der Waals surface area (Å²) in [7, 11) is 0. The molecule has 1 atom stereocenters. The molecular weight excluding hydrogens is 250 g/mol. The lowest BCUT2D eigenvalue weighted by atomic mass is 10.0. The number of hydrogen-bond donors (Lipinski definition) is 3. The van der Waals surface area contributed by atoms with Crippen molar-refractivity contribution in [1.29, 1.82) is 0 Å². The summed E-state index contributed by atoms with van der Waals surface area (Å²) in [6.07, 6.45) is 2.31. The van der Waals surface area contributed by atoms with E-state index in [4.69, 9.17) is 5.84 Å². The number of nitrogens with zero attached hydrogens (tertiary/aromatic N) is 2. The molecule has 1 aromatic heterocycles. The molecule has 20 heavy (non-hydrogen) atoms. The molecule has 0 aliphatic rings. The highest BCUT2D eigenvalue weighted by Gasteiger charge is 2.10. The summed E-state index contributed by atoms with van der Waals surface area (Å²) < 4.78 is 0. The van der Waals surface area contributed by atoms with E-state index in [1.165, 1.54) is 6.42 Å². The van der Waals surface area contributed by atoms with Gasteiger partial charge in [-0.15, -0.1) is 0 Å². The van der Waals surface area contributed by atoms with Crippen molar-refractivity contribution in [2.75, 3.05) is 10.7 Å². The maximum Gasteiger partial charge on any atom is 0.239 e. The largest absolute Gasteiger partial charge is 0.367 e. The van der Waals surface area contributed by atoms with Crippen molar-refractivity contribution < 1.29 is 0 Å². The van der Waals surface area contributed by atoms with Gasteiger partial charge in [-0.2, -0.15) is 4.98 Å². The predicted molar refractivity (Wildman–Crippen MR) is 84.5 cm³/mol. The third-order valence-electron chi connectivity index (χ3n) is 3.29. The fraction of sp³-hybridized carbons (Fsp3) is 0.467. The van der Waals surface area contributed by atoms with Crippen molar-refractivity contribution in [2.24, 2.45) is 11.8 Å². The van der Waals surface area contributed by atoms with Crippen molar-refractivity contribution in [1.82, 2.24) is 9.97 Å². The molecule has 5 heteroatoms. The third-order valence-corrected chi connectivity index (χ3v) is 3.29. The molecule has 4 N–H and O–H groups in total. The van der Waals surface area contributed by atoms with Gasteiger partial charge in [0.1, 0.15) is 5.82 Å². The molecule has 1 heterocycles. The molecule has 0 fully saturated rings. The number of hydrazine groups is 1. The Hall–Kier alpha value is -1.88. The minimum Gasteiger partial charge on any atom is -0.367 e. The molecule has 0 amide bonds. The van der Waals surface area contributed by atoms with Gasteiger partial charge in [0, 0.05) is 11.4 Å². The van der Waals surface area contributed by atoms with Gasteiger partial charge in [0.25, 0.3) is 0 Å². The molecule has 0 saturated carbocycles. The minimum atomic E-state index is 0.362. The second-order valence-corrected chi connectivity index (χ2v) is 5.57. The van der Waals surface area contributed by atoms with E-state index in [0.29, 0.717) is 17.9 Å². The Balaban J connectivity index is 2.23. The lowest BCUT2D eigenvalue weighted by Gasteiger charge is -2.17. The Labute approximate surface area is 120 Å². The first-order chi connectivity index (χ1) is 9.60. The van der Waals surface area contributed by atoms with Crippen LogP contribution in [0.25, 0.3) is 10.9 Å². The summed E-state index contributed by atoms with van der Waals surface area (Å²) in [6.45, 7) is 6.65. The number of nitrogen functional groups attached to an aromatic ring is 1. The summed E-state index contributed by atoms with van der Waals surface area (Å²) in [4.78, 5) is 8.78. The Morgan fingerprint density at radius 1 is 1.10 bits per heavy atom. The van der Waals surface area contributed by atoms with Crippen LogP contribution in [0.15, 0.2) is 24.3 Å². The fourth-order valence-corrected chi connectivity index (χ4v) is 2.14. The molecule has 0 aliphatic carbocycles. The maximum atomic E-state index is 5.44. The summed E-state index contributed by atoms with van der Waals surface area (Å²) in [5, 5.41) is 4.48. The van der Waals surface area contributed by atoms with Crippen LogP contribution < -0.4 is 16.6 Å². The average molecular weight is 273 g/mol. The van der Waals surface area contributed by atoms with E-state index in [2.05, 4.69) is 41.5 Å².